The van der Waals surface area contributed by atoms with Gasteiger partial charge in [-0.2, -0.15) is 5.26 Å². The summed E-state index contributed by atoms with van der Waals surface area (Å²) < 4.78 is 0.704. The molecule has 0 unspecified atom stereocenters. The zero-order chi connectivity index (χ0) is 14.7. The molecular formula is C15H8ClN3S2. The van der Waals surface area contributed by atoms with Crippen molar-refractivity contribution in [2.24, 2.45) is 0 Å². The van der Waals surface area contributed by atoms with Crippen LogP contribution in [0.5, 0.6) is 0 Å². The van der Waals surface area contributed by atoms with Gasteiger partial charge in [-0.05, 0) is 30.3 Å². The summed E-state index contributed by atoms with van der Waals surface area (Å²) in [4.78, 5) is 9.46. The highest BCUT2D eigenvalue weighted by Gasteiger charge is 2.09. The molecule has 0 aromatic carbocycles. The lowest BCUT2D eigenvalue weighted by Gasteiger charge is -1.94. The number of rotatable bonds is 3. The van der Waals surface area contributed by atoms with Crippen LogP contribution in [0.2, 0.25) is 4.34 Å². The van der Waals surface area contributed by atoms with Crippen LogP contribution >= 0.6 is 34.3 Å². The molecule has 3 aromatic heterocycles. The molecule has 0 bridgehead atoms. The lowest BCUT2D eigenvalue weighted by atomic mass is 10.2. The number of nitrogens with zero attached hydrogens (tertiary/aromatic N) is 3. The van der Waals surface area contributed by atoms with Crippen molar-refractivity contribution in [3.05, 3.63) is 56.3 Å². The van der Waals surface area contributed by atoms with Gasteiger partial charge in [0.15, 0.2) is 0 Å². The number of allylic oxidation sites excluding steroid dienone is 1. The Kier molecular flexibility index (Phi) is 4.11. The quantitative estimate of drug-likeness (QED) is 0.636. The van der Waals surface area contributed by atoms with Gasteiger partial charge in [0, 0.05) is 28.2 Å². The Balaban J connectivity index is 1.95. The molecule has 0 aliphatic heterocycles. The van der Waals surface area contributed by atoms with Gasteiger partial charge in [0.05, 0.1) is 15.6 Å². The highest BCUT2D eigenvalue weighted by Crippen LogP contribution is 2.29. The van der Waals surface area contributed by atoms with Gasteiger partial charge in [0.1, 0.15) is 11.1 Å². The molecule has 0 radical (unpaired) electrons. The van der Waals surface area contributed by atoms with Crippen LogP contribution in [0.3, 0.4) is 0 Å². The van der Waals surface area contributed by atoms with Gasteiger partial charge < -0.3 is 0 Å². The fourth-order valence-electron chi connectivity index (χ4n) is 1.74. The number of hydrogen-bond donors (Lipinski definition) is 0. The number of nitriles is 1. The monoisotopic (exact) mass is 329 g/mol. The van der Waals surface area contributed by atoms with Crippen molar-refractivity contribution in [1.29, 1.82) is 5.26 Å². The minimum absolute atomic E-state index is 0.541. The molecule has 0 aliphatic carbocycles. The van der Waals surface area contributed by atoms with E-state index in [4.69, 9.17) is 11.6 Å². The zero-order valence-corrected chi connectivity index (χ0v) is 13.0. The van der Waals surface area contributed by atoms with Crippen LogP contribution in [0, 0.1) is 11.3 Å². The van der Waals surface area contributed by atoms with Crippen LogP contribution in [0.15, 0.2) is 42.0 Å². The first kappa shape index (κ1) is 14.0. The molecule has 0 saturated heterocycles. The summed E-state index contributed by atoms with van der Waals surface area (Å²) in [5.74, 6) is 0. The standard InChI is InChI=1S/C15H8ClN3S2/c16-14-2-1-12(21-14)7-11(8-17)15-19-13(9-20-15)10-3-5-18-6-4-10/h1-7,9H. The molecule has 6 heteroatoms. The third-order valence-electron chi connectivity index (χ3n) is 2.71. The van der Waals surface area contributed by atoms with E-state index in [9.17, 15) is 5.26 Å². The first-order chi connectivity index (χ1) is 10.3. The maximum atomic E-state index is 9.34. The second-order valence-corrected chi connectivity index (χ2v) is 6.69. The fourth-order valence-corrected chi connectivity index (χ4v) is 3.54. The molecule has 0 atom stereocenters. The molecular weight excluding hydrogens is 322 g/mol. The van der Waals surface area contributed by atoms with Gasteiger partial charge in [-0.3, -0.25) is 4.98 Å². The summed E-state index contributed by atoms with van der Waals surface area (Å²) in [6.07, 6.45) is 5.26. The minimum Gasteiger partial charge on any atom is -0.265 e. The second kappa shape index (κ2) is 6.19. The van der Waals surface area contributed by atoms with Crippen LogP contribution in [0.4, 0.5) is 0 Å². The average Bonchev–Trinajstić information content (AvgIpc) is 3.15. The van der Waals surface area contributed by atoms with Crippen molar-refractivity contribution in [1.82, 2.24) is 9.97 Å². The van der Waals surface area contributed by atoms with E-state index in [-0.39, 0.29) is 0 Å². The maximum Gasteiger partial charge on any atom is 0.134 e. The number of hydrogen-bond acceptors (Lipinski definition) is 5. The Morgan fingerprint density at radius 2 is 2.05 bits per heavy atom. The summed E-state index contributed by atoms with van der Waals surface area (Å²) in [5, 5.41) is 12.0. The lowest BCUT2D eigenvalue weighted by molar-refractivity contribution is 1.31. The van der Waals surface area contributed by atoms with Gasteiger partial charge in [0.2, 0.25) is 0 Å². The van der Waals surface area contributed by atoms with E-state index in [2.05, 4.69) is 16.0 Å². The van der Waals surface area contributed by atoms with Crippen LogP contribution in [-0.4, -0.2) is 9.97 Å². The van der Waals surface area contributed by atoms with Crippen molar-refractivity contribution >= 4 is 45.9 Å². The average molecular weight is 330 g/mol. The summed E-state index contributed by atoms with van der Waals surface area (Å²) >= 11 is 8.79. The molecule has 0 amide bonds. The largest absolute Gasteiger partial charge is 0.265 e. The van der Waals surface area contributed by atoms with Crippen molar-refractivity contribution in [2.45, 2.75) is 0 Å². The summed E-state index contributed by atoms with van der Waals surface area (Å²) in [7, 11) is 0. The third kappa shape index (κ3) is 3.19. The molecule has 3 nitrogen and oxygen atoms in total. The first-order valence-electron chi connectivity index (χ1n) is 6.00. The van der Waals surface area contributed by atoms with E-state index in [0.29, 0.717) is 14.9 Å². The van der Waals surface area contributed by atoms with Crippen LogP contribution in [-0.2, 0) is 0 Å². The van der Waals surface area contributed by atoms with Gasteiger partial charge in [-0.15, -0.1) is 22.7 Å². The summed E-state index contributed by atoms with van der Waals surface area (Å²) in [6, 6.07) is 9.70. The smallest absolute Gasteiger partial charge is 0.134 e. The van der Waals surface area contributed by atoms with Gasteiger partial charge >= 0.3 is 0 Å². The van der Waals surface area contributed by atoms with E-state index in [0.717, 1.165) is 16.1 Å². The Hall–Kier alpha value is -2.00. The molecule has 0 aliphatic rings. The Morgan fingerprint density at radius 1 is 1.24 bits per heavy atom. The van der Waals surface area contributed by atoms with Crippen molar-refractivity contribution in [2.75, 3.05) is 0 Å². The number of thiophene rings is 1. The molecule has 0 saturated carbocycles. The molecule has 3 rings (SSSR count). The van der Waals surface area contributed by atoms with E-state index in [1.165, 1.54) is 22.7 Å². The zero-order valence-electron chi connectivity index (χ0n) is 10.7. The highest BCUT2D eigenvalue weighted by molar-refractivity contribution is 7.17. The summed E-state index contributed by atoms with van der Waals surface area (Å²) in [6.45, 7) is 0. The van der Waals surface area contributed by atoms with Crippen molar-refractivity contribution < 1.29 is 0 Å². The SMILES string of the molecule is N#CC(=Cc1ccc(Cl)s1)c1nc(-c2ccncc2)cs1. The van der Waals surface area contributed by atoms with Gasteiger partial charge in [-0.1, -0.05) is 11.6 Å². The number of aromatic nitrogens is 2. The van der Waals surface area contributed by atoms with Gasteiger partial charge in [0.25, 0.3) is 0 Å². The second-order valence-electron chi connectivity index (χ2n) is 4.09. The van der Waals surface area contributed by atoms with Gasteiger partial charge in [-0.25, -0.2) is 4.98 Å². The number of pyridine rings is 1. The summed E-state index contributed by atoms with van der Waals surface area (Å²) in [5.41, 5.74) is 2.38. The molecule has 102 valence electrons. The molecule has 0 spiro atoms. The Morgan fingerprint density at radius 3 is 2.71 bits per heavy atom. The van der Waals surface area contributed by atoms with Crippen LogP contribution < -0.4 is 0 Å². The molecule has 3 aromatic rings. The first-order valence-corrected chi connectivity index (χ1v) is 8.07. The Bertz CT molecular complexity index is 828. The van der Waals surface area contributed by atoms with Crippen molar-refractivity contribution in [3.8, 4) is 17.3 Å². The topological polar surface area (TPSA) is 49.6 Å². The van der Waals surface area contributed by atoms with E-state index >= 15 is 0 Å². The molecule has 0 fully saturated rings. The highest BCUT2D eigenvalue weighted by atomic mass is 35.5. The molecule has 3 heterocycles. The van der Waals surface area contributed by atoms with Crippen LogP contribution in [0.1, 0.15) is 9.88 Å². The lowest BCUT2D eigenvalue weighted by Crippen LogP contribution is -1.82. The normalized spacial score (nSPS) is 11.3. The number of thiazole rings is 1. The van der Waals surface area contributed by atoms with Crippen LogP contribution in [0.25, 0.3) is 22.9 Å². The van der Waals surface area contributed by atoms with E-state index in [1.807, 2.05) is 35.7 Å². The van der Waals surface area contributed by atoms with E-state index in [1.54, 1.807) is 12.4 Å². The fraction of sp³-hybridized carbons (Fsp3) is 0. The number of halogens is 1. The maximum absolute atomic E-state index is 9.34. The van der Waals surface area contributed by atoms with Crippen molar-refractivity contribution in [3.63, 3.8) is 0 Å². The predicted molar refractivity (Wildman–Crippen MR) is 88.2 cm³/mol. The Labute approximate surface area is 134 Å². The minimum atomic E-state index is 0.541. The molecule has 21 heavy (non-hydrogen) atoms. The third-order valence-corrected chi connectivity index (χ3v) is 4.77. The molecule has 0 N–H and O–H groups in total. The van der Waals surface area contributed by atoms with E-state index < -0.39 is 0 Å². The predicted octanol–water partition coefficient (Wildman–Crippen LogP) is 4.98.